The lowest BCUT2D eigenvalue weighted by molar-refractivity contribution is 0.409. The summed E-state index contributed by atoms with van der Waals surface area (Å²) < 4.78 is 6.54. The fourth-order valence-corrected chi connectivity index (χ4v) is 4.87. The first kappa shape index (κ1) is 25.8. The molecule has 0 spiro atoms. The van der Waals surface area contributed by atoms with Gasteiger partial charge < -0.3 is 10.1 Å². The lowest BCUT2D eigenvalue weighted by atomic mass is 9.95. The molecule has 182 valence electrons. The summed E-state index contributed by atoms with van der Waals surface area (Å²) in [5, 5.41) is 4.01. The van der Waals surface area contributed by atoms with Gasteiger partial charge in [0.15, 0.2) is 0 Å². The van der Waals surface area contributed by atoms with Crippen LogP contribution in [0.1, 0.15) is 42.5 Å². The maximum absolute atomic E-state index is 6.43. The molecule has 36 heavy (non-hydrogen) atoms. The molecule has 6 heteroatoms. The number of fused-ring (bicyclic) bond motifs is 1. The molecule has 1 N–H and O–H groups in total. The molecule has 4 rings (SSSR count). The highest BCUT2D eigenvalue weighted by Crippen LogP contribution is 2.33. The smallest absolute Gasteiger partial charge is 0.124 e. The molecular weight excluding hydrogens is 534 g/mol. The van der Waals surface area contributed by atoms with Gasteiger partial charge in [-0.15, -0.1) is 6.42 Å². The Balaban J connectivity index is 1.76. The number of hydrogen-bond acceptors (Lipinski definition) is 3. The molecule has 0 saturated heterocycles. The fraction of sp³-hybridized carbons (Fsp3) is 0.200. The van der Waals surface area contributed by atoms with Gasteiger partial charge in [0, 0.05) is 43.5 Å². The van der Waals surface area contributed by atoms with E-state index in [1.807, 2.05) is 61.5 Å². The Labute approximate surface area is 226 Å². The van der Waals surface area contributed by atoms with Crippen LogP contribution < -0.4 is 10.1 Å². The van der Waals surface area contributed by atoms with Crippen molar-refractivity contribution in [3.05, 3.63) is 98.0 Å². The van der Waals surface area contributed by atoms with Gasteiger partial charge in [0.1, 0.15) is 11.6 Å². The number of aryl methyl sites for hydroxylation is 1. The average molecular weight is 561 g/mol. The van der Waals surface area contributed by atoms with Crippen molar-refractivity contribution >= 4 is 50.5 Å². The summed E-state index contributed by atoms with van der Waals surface area (Å²) in [6.45, 7) is 4.41. The number of benzene rings is 3. The summed E-state index contributed by atoms with van der Waals surface area (Å²) in [4.78, 5) is 9.85. The van der Waals surface area contributed by atoms with Crippen molar-refractivity contribution < 1.29 is 4.74 Å². The minimum absolute atomic E-state index is 0.338. The highest BCUT2D eigenvalue weighted by atomic mass is 79.9. The predicted molar refractivity (Wildman–Crippen MR) is 156 cm³/mol. The molecule has 0 bridgehead atoms. The van der Waals surface area contributed by atoms with E-state index in [0.717, 1.165) is 51.2 Å². The van der Waals surface area contributed by atoms with Crippen molar-refractivity contribution in [1.82, 2.24) is 0 Å². The lowest BCUT2D eigenvalue weighted by Gasteiger charge is -2.15. The first-order chi connectivity index (χ1) is 17.4. The summed E-state index contributed by atoms with van der Waals surface area (Å²) in [5.41, 5.74) is 7.05. The van der Waals surface area contributed by atoms with Crippen molar-refractivity contribution in [3.8, 4) is 18.1 Å². The highest BCUT2D eigenvalue weighted by Gasteiger charge is 2.22. The second-order valence-electron chi connectivity index (χ2n) is 8.40. The molecular formula is C30H27BrClN3O. The molecule has 3 aromatic carbocycles. The van der Waals surface area contributed by atoms with Crippen molar-refractivity contribution in [2.75, 3.05) is 19.0 Å². The zero-order valence-corrected chi connectivity index (χ0v) is 22.9. The van der Waals surface area contributed by atoms with Crippen molar-refractivity contribution in [2.24, 2.45) is 9.98 Å². The Kier molecular flexibility index (Phi) is 8.30. The third kappa shape index (κ3) is 5.56. The Bertz CT molecular complexity index is 1430. The molecule has 1 aliphatic rings. The largest absolute Gasteiger partial charge is 0.496 e. The van der Waals surface area contributed by atoms with Crippen molar-refractivity contribution in [2.45, 2.75) is 26.7 Å². The molecule has 0 atom stereocenters. The maximum atomic E-state index is 6.43. The standard InChI is InChI=1S/C30H27BrClN3O/c1-5-9-21-12-14-23(17-28(21)36-4)34-19(3)35-29-20(6-2)18-33-30(25-10-7-8-11-27(25)31)26-16-22(32)13-15-24(26)29/h2,7-8,10-17H,5,9,18H2,1,3-4H3,(H,34,35). The van der Waals surface area contributed by atoms with Crippen LogP contribution in [0.4, 0.5) is 5.69 Å². The van der Waals surface area contributed by atoms with Crippen LogP contribution in [-0.4, -0.2) is 25.2 Å². The monoisotopic (exact) mass is 559 g/mol. The molecule has 0 fully saturated rings. The first-order valence-electron chi connectivity index (χ1n) is 11.7. The van der Waals surface area contributed by atoms with Crippen LogP contribution in [0.5, 0.6) is 5.75 Å². The minimum atomic E-state index is 0.338. The van der Waals surface area contributed by atoms with E-state index >= 15 is 0 Å². The predicted octanol–water partition coefficient (Wildman–Crippen LogP) is 7.79. The van der Waals surface area contributed by atoms with Gasteiger partial charge in [-0.1, -0.05) is 77.1 Å². The van der Waals surface area contributed by atoms with Crippen LogP contribution in [0.25, 0.3) is 5.70 Å². The minimum Gasteiger partial charge on any atom is -0.496 e. The van der Waals surface area contributed by atoms with E-state index < -0.39 is 0 Å². The van der Waals surface area contributed by atoms with E-state index in [0.29, 0.717) is 28.7 Å². The lowest BCUT2D eigenvalue weighted by Crippen LogP contribution is -2.10. The fourth-order valence-electron chi connectivity index (χ4n) is 4.23. The van der Waals surface area contributed by atoms with Gasteiger partial charge in [-0.25, -0.2) is 4.99 Å². The molecule has 4 nitrogen and oxygen atoms in total. The zero-order chi connectivity index (χ0) is 25.7. The zero-order valence-electron chi connectivity index (χ0n) is 20.5. The third-order valence-electron chi connectivity index (χ3n) is 5.89. The van der Waals surface area contributed by atoms with E-state index in [-0.39, 0.29) is 0 Å². The van der Waals surface area contributed by atoms with Gasteiger partial charge in [-0.2, -0.15) is 0 Å². The van der Waals surface area contributed by atoms with Crippen molar-refractivity contribution in [3.63, 3.8) is 0 Å². The number of nitrogens with zero attached hydrogens (tertiary/aromatic N) is 2. The van der Waals surface area contributed by atoms with Gasteiger partial charge in [-0.05, 0) is 43.2 Å². The summed E-state index contributed by atoms with van der Waals surface area (Å²) >= 11 is 10.1. The van der Waals surface area contributed by atoms with Crippen molar-refractivity contribution in [1.29, 1.82) is 0 Å². The Morgan fingerprint density at radius 2 is 1.94 bits per heavy atom. The summed E-state index contributed by atoms with van der Waals surface area (Å²) in [7, 11) is 1.69. The van der Waals surface area contributed by atoms with Crippen LogP contribution in [0.15, 0.2) is 80.7 Å². The number of hydrogen-bond donors (Lipinski definition) is 1. The van der Waals surface area contributed by atoms with Gasteiger partial charge in [0.2, 0.25) is 0 Å². The Morgan fingerprint density at radius 1 is 1.14 bits per heavy atom. The van der Waals surface area contributed by atoms with Gasteiger partial charge in [-0.3, -0.25) is 4.99 Å². The summed E-state index contributed by atoms with van der Waals surface area (Å²) in [6.07, 6.45) is 7.98. The van der Waals surface area contributed by atoms with E-state index in [9.17, 15) is 0 Å². The quantitative estimate of drug-likeness (QED) is 0.190. The van der Waals surface area contributed by atoms with Gasteiger partial charge >= 0.3 is 0 Å². The van der Waals surface area contributed by atoms with E-state index in [2.05, 4.69) is 40.2 Å². The Morgan fingerprint density at radius 3 is 2.67 bits per heavy atom. The van der Waals surface area contributed by atoms with Crippen LogP contribution >= 0.6 is 27.5 Å². The molecule has 0 aliphatic carbocycles. The molecule has 0 radical (unpaired) electrons. The molecule has 3 aromatic rings. The van der Waals surface area contributed by atoms with E-state index in [1.54, 1.807) is 7.11 Å². The molecule has 1 aliphatic heterocycles. The number of anilines is 1. The number of nitrogens with one attached hydrogen (secondary N) is 1. The molecule has 0 saturated carbocycles. The van der Waals surface area contributed by atoms with Crippen LogP contribution in [0.3, 0.4) is 0 Å². The number of terminal acetylenes is 1. The third-order valence-corrected chi connectivity index (χ3v) is 6.81. The Hall–Kier alpha value is -3.33. The normalized spacial score (nSPS) is 13.4. The average Bonchev–Trinajstić information content (AvgIpc) is 3.01. The second-order valence-corrected chi connectivity index (χ2v) is 9.70. The second kappa shape index (κ2) is 11.6. The number of amidine groups is 1. The highest BCUT2D eigenvalue weighted by molar-refractivity contribution is 9.10. The maximum Gasteiger partial charge on any atom is 0.124 e. The number of rotatable bonds is 6. The number of aliphatic imine (C=N–C) groups is 2. The topological polar surface area (TPSA) is 46.0 Å². The first-order valence-corrected chi connectivity index (χ1v) is 12.9. The molecule has 0 aromatic heterocycles. The molecule has 0 unspecified atom stereocenters. The number of ether oxygens (including phenoxy) is 1. The summed E-state index contributed by atoms with van der Waals surface area (Å²) in [5.74, 6) is 4.38. The number of halogens is 2. The van der Waals surface area contributed by atoms with E-state index in [1.165, 1.54) is 5.56 Å². The van der Waals surface area contributed by atoms with Crippen LogP contribution in [0.2, 0.25) is 5.02 Å². The van der Waals surface area contributed by atoms with Gasteiger partial charge in [0.05, 0.1) is 25.1 Å². The molecule has 0 amide bonds. The summed E-state index contributed by atoms with van der Waals surface area (Å²) in [6, 6.07) is 19.8. The number of methoxy groups -OCH3 is 1. The van der Waals surface area contributed by atoms with Crippen LogP contribution in [-0.2, 0) is 6.42 Å². The van der Waals surface area contributed by atoms with Crippen LogP contribution in [0, 0.1) is 12.3 Å². The van der Waals surface area contributed by atoms with E-state index in [4.69, 9.17) is 32.7 Å². The SMILES string of the molecule is C#CC1=C(N=C(C)Nc2ccc(CCC)c(OC)c2)c2ccc(Cl)cc2C(c2ccccc2Br)=NC1. The molecule has 1 heterocycles. The van der Waals surface area contributed by atoms with Gasteiger partial charge in [0.25, 0.3) is 0 Å².